The van der Waals surface area contributed by atoms with Gasteiger partial charge in [0, 0.05) is 10.6 Å². The summed E-state index contributed by atoms with van der Waals surface area (Å²) in [5.41, 5.74) is 8.94. The van der Waals surface area contributed by atoms with Crippen LogP contribution in [-0.4, -0.2) is 18.2 Å². The van der Waals surface area contributed by atoms with E-state index in [1.165, 1.54) is 0 Å². The lowest BCUT2D eigenvalue weighted by atomic mass is 9.92. The van der Waals surface area contributed by atoms with E-state index >= 15 is 0 Å². The topological polar surface area (TPSA) is 32.3 Å². The number of amides is 1. The summed E-state index contributed by atoms with van der Waals surface area (Å²) in [6.07, 6.45) is 4.32. The molecule has 1 unspecified atom stereocenters. The van der Waals surface area contributed by atoms with Crippen LogP contribution in [0.4, 0.5) is 17.3 Å². The number of carbonyl (C=O) groups is 1. The van der Waals surface area contributed by atoms with Gasteiger partial charge in [0.05, 0.1) is 11.7 Å². The second-order valence-electron chi connectivity index (χ2n) is 8.55. The first-order valence-corrected chi connectivity index (χ1v) is 12.4. The largest absolute Gasteiger partial charge is 0.673 e. The molecule has 1 N–H and O–H groups in total. The molecule has 4 aromatic carbocycles. The van der Waals surface area contributed by atoms with Gasteiger partial charge in [-0.1, -0.05) is 103 Å². The van der Waals surface area contributed by atoms with Gasteiger partial charge in [-0.2, -0.15) is 0 Å². The van der Waals surface area contributed by atoms with Crippen molar-refractivity contribution in [2.75, 3.05) is 0 Å². The summed E-state index contributed by atoms with van der Waals surface area (Å²) in [5, 5.41) is 2.55. The molecule has 0 fully saturated rings. The Kier molecular flexibility index (Phi) is 8.89. The summed E-state index contributed by atoms with van der Waals surface area (Å²) in [6, 6.07) is 37.3. The average Bonchev–Trinajstić information content (AvgIpc) is 2.94. The normalized spacial score (nSPS) is 14.9. The van der Waals surface area contributed by atoms with Crippen molar-refractivity contribution in [2.24, 2.45) is 0 Å². The van der Waals surface area contributed by atoms with Gasteiger partial charge in [-0.3, -0.25) is 15.2 Å². The number of hydrazine groups is 1. The van der Waals surface area contributed by atoms with E-state index in [0.717, 1.165) is 28.0 Å². The molecule has 5 rings (SSSR count). The molecule has 0 aliphatic carbocycles. The van der Waals surface area contributed by atoms with Crippen LogP contribution >= 0.6 is 11.6 Å². The Labute approximate surface area is 229 Å². The lowest BCUT2D eigenvalue weighted by molar-refractivity contribution is 0.0837. The third kappa shape index (κ3) is 7.85. The van der Waals surface area contributed by atoms with Crippen LogP contribution in [0.3, 0.4) is 0 Å². The second-order valence-corrected chi connectivity index (χ2v) is 8.99. The lowest BCUT2D eigenvalue weighted by Gasteiger charge is -2.37. The maximum atomic E-state index is 13.3. The Morgan fingerprint density at radius 2 is 1.21 bits per heavy atom. The van der Waals surface area contributed by atoms with E-state index in [2.05, 4.69) is 54.0 Å². The maximum Gasteiger partial charge on any atom is 0.673 e. The second kappa shape index (κ2) is 12.5. The number of nitrogens with zero attached hydrogens (tertiary/aromatic N) is 1. The van der Waals surface area contributed by atoms with Gasteiger partial charge in [0.2, 0.25) is 0 Å². The Hall–Kier alpha value is -4.30. The van der Waals surface area contributed by atoms with E-state index in [1.807, 2.05) is 59.6 Å². The minimum absolute atomic E-state index is 0.198. The summed E-state index contributed by atoms with van der Waals surface area (Å²) in [4.78, 5) is 13.3. The van der Waals surface area contributed by atoms with Gasteiger partial charge in [0.15, 0.2) is 0 Å². The lowest BCUT2D eigenvalue weighted by Crippen LogP contribution is -2.44. The molecule has 0 bridgehead atoms. The van der Waals surface area contributed by atoms with Crippen LogP contribution in [0.15, 0.2) is 127 Å². The van der Waals surface area contributed by atoms with E-state index in [9.17, 15) is 22.1 Å². The van der Waals surface area contributed by atoms with Crippen LogP contribution in [0.5, 0.6) is 0 Å². The number of halogens is 5. The number of carbonyl (C=O) groups excluding carboxylic acids is 1. The monoisotopic (exact) mass is 549 g/mol. The molecule has 3 nitrogen and oxygen atoms in total. The van der Waals surface area contributed by atoms with Crippen molar-refractivity contribution in [1.29, 1.82) is 0 Å². The molecule has 0 saturated carbocycles. The van der Waals surface area contributed by atoms with E-state index in [-0.39, 0.29) is 11.9 Å². The smallest absolute Gasteiger partial charge is 0.418 e. The fraction of sp³-hybridized carbons (Fsp3) is 0.0333. The van der Waals surface area contributed by atoms with Crippen LogP contribution in [0.2, 0.25) is 5.02 Å². The third-order valence-electron chi connectivity index (χ3n) is 5.81. The van der Waals surface area contributed by atoms with Crippen LogP contribution in [0, 0.1) is 0 Å². The number of rotatable bonds is 5. The summed E-state index contributed by atoms with van der Waals surface area (Å²) >= 11 is 6.03. The molecule has 1 heterocycles. The van der Waals surface area contributed by atoms with Gasteiger partial charge >= 0.3 is 7.25 Å². The van der Waals surface area contributed by atoms with E-state index in [1.54, 1.807) is 24.3 Å². The number of nitrogens with one attached hydrogen (secondary N) is 1. The predicted octanol–water partition coefficient (Wildman–Crippen LogP) is 8.47. The fourth-order valence-corrected chi connectivity index (χ4v) is 4.23. The van der Waals surface area contributed by atoms with Crippen molar-refractivity contribution in [1.82, 2.24) is 10.4 Å². The van der Waals surface area contributed by atoms with Crippen LogP contribution in [0.1, 0.15) is 33.1 Å². The minimum atomic E-state index is -6.00. The molecular weight excluding hydrogens is 527 g/mol. The molecule has 9 heteroatoms. The van der Waals surface area contributed by atoms with Gasteiger partial charge in [0.1, 0.15) is 0 Å². The Morgan fingerprint density at radius 1 is 0.718 bits per heavy atom. The highest BCUT2D eigenvalue weighted by molar-refractivity contribution is 6.50. The van der Waals surface area contributed by atoms with E-state index in [0.29, 0.717) is 10.6 Å². The molecule has 0 spiro atoms. The molecule has 4 aromatic rings. The van der Waals surface area contributed by atoms with Gasteiger partial charge in [-0.05, 0) is 58.7 Å². The Balaban J connectivity index is 0.000000648. The van der Waals surface area contributed by atoms with E-state index in [4.69, 9.17) is 11.6 Å². The molecule has 1 atom stereocenters. The van der Waals surface area contributed by atoms with Crippen LogP contribution in [-0.2, 0) is 0 Å². The standard InChI is InChI=1S/C30H23ClN2O.BF4/c31-27-18-16-25(17-19-27)30(34)32-33-28(23-12-6-2-7-13-23)20-26(22-10-4-1-5-11-22)21-29(33)24-14-8-3-9-15-24;2-1(3,4)5/h1-21,28H,(H,32,34);/q;-1. The summed E-state index contributed by atoms with van der Waals surface area (Å²) < 4.78 is 39.0. The number of hydrogen-bond acceptors (Lipinski definition) is 2. The highest BCUT2D eigenvalue weighted by atomic mass is 35.5. The average molecular weight is 550 g/mol. The van der Waals surface area contributed by atoms with E-state index < -0.39 is 7.25 Å². The summed E-state index contributed by atoms with van der Waals surface area (Å²) in [6.45, 7) is 0. The number of allylic oxidation sites excluding steroid dienone is 2. The molecule has 198 valence electrons. The first-order chi connectivity index (χ1) is 18.7. The SMILES string of the molecule is F[B-](F)(F)F.O=C(NN1C(c2ccccc2)=CC(c2ccccc2)=CC1c1ccccc1)c1ccc(Cl)cc1. The minimum Gasteiger partial charge on any atom is -0.418 e. The van der Waals surface area contributed by atoms with Gasteiger partial charge in [-0.25, -0.2) is 0 Å². The van der Waals surface area contributed by atoms with Gasteiger partial charge in [0.25, 0.3) is 5.91 Å². The first kappa shape index (κ1) is 27.7. The zero-order valence-corrected chi connectivity index (χ0v) is 21.3. The van der Waals surface area contributed by atoms with Crippen LogP contribution in [0.25, 0.3) is 11.3 Å². The highest BCUT2D eigenvalue weighted by Gasteiger charge is 2.28. The Morgan fingerprint density at radius 3 is 1.74 bits per heavy atom. The molecule has 0 saturated heterocycles. The molecule has 0 radical (unpaired) electrons. The molecule has 1 aliphatic heterocycles. The molecule has 39 heavy (non-hydrogen) atoms. The van der Waals surface area contributed by atoms with Gasteiger partial charge < -0.3 is 17.3 Å². The van der Waals surface area contributed by atoms with Gasteiger partial charge in [-0.15, -0.1) is 0 Å². The summed E-state index contributed by atoms with van der Waals surface area (Å²) in [7, 11) is -6.00. The first-order valence-electron chi connectivity index (χ1n) is 12.0. The van der Waals surface area contributed by atoms with Crippen molar-refractivity contribution >= 4 is 36.0 Å². The molecular formula is C30H23BClF4N2O-. The molecule has 1 amide bonds. The third-order valence-corrected chi connectivity index (χ3v) is 6.07. The fourth-order valence-electron chi connectivity index (χ4n) is 4.10. The number of benzene rings is 4. The highest BCUT2D eigenvalue weighted by Crippen LogP contribution is 2.38. The predicted molar refractivity (Wildman–Crippen MR) is 149 cm³/mol. The van der Waals surface area contributed by atoms with Crippen molar-refractivity contribution in [2.45, 2.75) is 6.04 Å². The zero-order valence-electron chi connectivity index (χ0n) is 20.5. The maximum absolute atomic E-state index is 13.3. The summed E-state index contributed by atoms with van der Waals surface area (Å²) in [5.74, 6) is -0.198. The van der Waals surface area contributed by atoms with Crippen LogP contribution < -0.4 is 5.43 Å². The van der Waals surface area contributed by atoms with Crippen molar-refractivity contribution < 1.29 is 22.1 Å². The molecule has 0 aromatic heterocycles. The van der Waals surface area contributed by atoms with Crippen molar-refractivity contribution in [3.8, 4) is 0 Å². The van der Waals surface area contributed by atoms with Crippen molar-refractivity contribution in [3.05, 3.63) is 155 Å². The zero-order chi connectivity index (χ0) is 27.8. The quantitative estimate of drug-likeness (QED) is 0.200. The number of hydrogen-bond donors (Lipinski definition) is 1. The van der Waals surface area contributed by atoms with Crippen molar-refractivity contribution in [3.63, 3.8) is 0 Å². The molecule has 1 aliphatic rings. The Bertz CT molecular complexity index is 1440.